The summed E-state index contributed by atoms with van der Waals surface area (Å²) in [6, 6.07) is 12.8. The van der Waals surface area contributed by atoms with Gasteiger partial charge in [-0.25, -0.2) is 0 Å². The highest BCUT2D eigenvalue weighted by Crippen LogP contribution is 2.50. The van der Waals surface area contributed by atoms with Crippen LogP contribution in [0.4, 0.5) is 0 Å². The topological polar surface area (TPSA) is 9.23 Å². The second-order valence-corrected chi connectivity index (χ2v) is 13.5. The first-order chi connectivity index (χ1) is 10.8. The molecule has 0 radical (unpaired) electrons. The van der Waals surface area contributed by atoms with Crippen LogP contribution in [-0.4, -0.2) is 14.5 Å². The summed E-state index contributed by atoms with van der Waals surface area (Å²) in [5.41, 5.74) is 7.95. The van der Waals surface area contributed by atoms with Crippen molar-refractivity contribution in [2.75, 3.05) is 7.11 Å². The van der Waals surface area contributed by atoms with Gasteiger partial charge in [-0.1, -0.05) is 61.1 Å². The Balaban J connectivity index is 2.33. The average molecular weight is 343 g/mol. The Morgan fingerprint density at radius 2 is 1.74 bits per heavy atom. The van der Waals surface area contributed by atoms with Crippen molar-refractivity contribution in [3.8, 4) is 16.9 Å². The van der Waals surface area contributed by atoms with Crippen molar-refractivity contribution >= 4 is 24.5 Å². The van der Waals surface area contributed by atoms with Gasteiger partial charge in [0.25, 0.3) is 0 Å². The molecule has 0 aromatic heterocycles. The minimum absolute atomic E-state index is 0.367. The molecule has 0 heterocycles. The molecule has 2 aromatic carbocycles. The molecule has 0 amide bonds. The molecule has 1 atom stereocenters. The van der Waals surface area contributed by atoms with Crippen molar-refractivity contribution in [2.24, 2.45) is 0 Å². The summed E-state index contributed by atoms with van der Waals surface area (Å²) >= 11 is 6.85. The summed E-state index contributed by atoms with van der Waals surface area (Å²) in [7, 11) is -0.0954. The predicted octanol–water partition coefficient (Wildman–Crippen LogP) is 6.15. The highest BCUT2D eigenvalue weighted by Gasteiger charge is 2.38. The maximum absolute atomic E-state index is 6.85. The van der Waals surface area contributed by atoms with Gasteiger partial charge in [-0.2, -0.15) is 11.1 Å². The average Bonchev–Trinajstić information content (AvgIpc) is 2.82. The number of hydrogen-bond donors (Lipinski definition) is 0. The van der Waals surface area contributed by atoms with Gasteiger partial charge in [0, 0.05) is 11.1 Å². The van der Waals surface area contributed by atoms with Crippen molar-refractivity contribution in [2.45, 2.75) is 32.5 Å². The van der Waals surface area contributed by atoms with Crippen LogP contribution in [0.2, 0.25) is 13.1 Å². The molecule has 0 N–H and O–H groups in total. The number of rotatable bonds is 3. The molecule has 1 aliphatic carbocycles. The smallest absolute Gasteiger partial charge is 0.161 e. The van der Waals surface area contributed by atoms with Gasteiger partial charge in [0.1, 0.15) is 5.75 Å². The molecule has 3 rings (SSSR count). The third-order valence-electron chi connectivity index (χ3n) is 4.63. The molecule has 1 aliphatic rings. The van der Waals surface area contributed by atoms with Crippen LogP contribution in [0.15, 0.2) is 42.0 Å². The van der Waals surface area contributed by atoms with Crippen molar-refractivity contribution < 1.29 is 4.74 Å². The van der Waals surface area contributed by atoms with Gasteiger partial charge in [0.15, 0.2) is 7.38 Å². The zero-order chi connectivity index (χ0) is 16.8. The maximum atomic E-state index is 6.85. The monoisotopic (exact) mass is 342 g/mol. The van der Waals surface area contributed by atoms with E-state index in [1.54, 1.807) is 7.11 Å². The van der Waals surface area contributed by atoms with Gasteiger partial charge in [0.2, 0.25) is 0 Å². The van der Waals surface area contributed by atoms with E-state index >= 15 is 0 Å². The second kappa shape index (κ2) is 5.84. The highest BCUT2D eigenvalue weighted by atomic mass is 35.6. The van der Waals surface area contributed by atoms with Crippen LogP contribution < -0.4 is 4.74 Å². The predicted molar refractivity (Wildman–Crippen MR) is 103 cm³/mol. The molecular weight excluding hydrogens is 320 g/mol. The third-order valence-corrected chi connectivity index (χ3v) is 7.42. The largest absolute Gasteiger partial charge is 0.496 e. The van der Waals surface area contributed by atoms with Crippen LogP contribution in [0.1, 0.15) is 29.2 Å². The molecule has 0 spiro atoms. The molecule has 3 heteroatoms. The van der Waals surface area contributed by atoms with E-state index < -0.39 is 7.38 Å². The lowest BCUT2D eigenvalue weighted by molar-refractivity contribution is 0.413. The fraction of sp³-hybridized carbons (Fsp3) is 0.300. The third kappa shape index (κ3) is 2.75. The molecule has 0 bridgehead atoms. The van der Waals surface area contributed by atoms with E-state index in [0.717, 1.165) is 5.75 Å². The summed E-state index contributed by atoms with van der Waals surface area (Å²) in [6.07, 6.45) is 2.31. The number of benzene rings is 2. The van der Waals surface area contributed by atoms with Crippen LogP contribution in [0, 0.1) is 6.92 Å². The Morgan fingerprint density at radius 3 is 2.30 bits per heavy atom. The number of aryl methyl sites for hydroxylation is 1. The SMILES string of the molecule is COc1c(C)cc2c(c1-c1ccccc1)C=C(C)C2[Si](C)(C)Cl. The first-order valence-electron chi connectivity index (χ1n) is 7.98. The summed E-state index contributed by atoms with van der Waals surface area (Å²) in [4.78, 5) is 0. The lowest BCUT2D eigenvalue weighted by Crippen LogP contribution is -2.28. The number of hydrogen-bond acceptors (Lipinski definition) is 1. The molecule has 1 unspecified atom stereocenters. The number of methoxy groups -OCH3 is 1. The fourth-order valence-electron chi connectivity index (χ4n) is 3.86. The van der Waals surface area contributed by atoms with Crippen molar-refractivity contribution in [1.82, 2.24) is 0 Å². The number of ether oxygens (including phenoxy) is 1. The normalized spacial score (nSPS) is 17.0. The highest BCUT2D eigenvalue weighted by molar-refractivity contribution is 7.20. The molecule has 2 aromatic rings. The lowest BCUT2D eigenvalue weighted by atomic mass is 9.93. The van der Waals surface area contributed by atoms with E-state index in [1.807, 2.05) is 6.07 Å². The van der Waals surface area contributed by atoms with E-state index in [-0.39, 0.29) is 0 Å². The van der Waals surface area contributed by atoms with Gasteiger partial charge in [-0.15, -0.1) is 0 Å². The van der Waals surface area contributed by atoms with Crippen LogP contribution >= 0.6 is 11.1 Å². The van der Waals surface area contributed by atoms with E-state index in [1.165, 1.54) is 33.4 Å². The summed E-state index contributed by atoms with van der Waals surface area (Å²) in [5.74, 6) is 0.966. The van der Waals surface area contributed by atoms with Gasteiger partial charge in [-0.3, -0.25) is 0 Å². The second-order valence-electron chi connectivity index (χ2n) is 6.86. The Hall–Kier alpha value is -1.51. The molecule has 0 fully saturated rings. The fourth-order valence-corrected chi connectivity index (χ4v) is 6.87. The number of halogens is 1. The first-order valence-corrected chi connectivity index (χ1v) is 12.1. The van der Waals surface area contributed by atoms with Crippen LogP contribution in [0.3, 0.4) is 0 Å². The van der Waals surface area contributed by atoms with Gasteiger partial charge >= 0.3 is 0 Å². The Bertz CT molecular complexity index is 772. The van der Waals surface area contributed by atoms with Gasteiger partial charge in [-0.05, 0) is 36.1 Å². The quantitative estimate of drug-likeness (QED) is 0.480. The molecule has 23 heavy (non-hydrogen) atoms. The molecule has 120 valence electrons. The zero-order valence-electron chi connectivity index (χ0n) is 14.4. The number of allylic oxidation sites excluding steroid dienone is 1. The standard InChI is InChI=1S/C20H23ClOSi/c1-13-11-17-16(12-14(2)20(17)23(4,5)21)18(19(13)22-3)15-9-7-6-8-10-15/h6-12,20H,1-5H3. The van der Waals surface area contributed by atoms with E-state index in [0.29, 0.717) is 5.54 Å². The van der Waals surface area contributed by atoms with E-state index in [2.05, 4.69) is 63.3 Å². The van der Waals surface area contributed by atoms with Crippen molar-refractivity contribution in [3.63, 3.8) is 0 Å². The van der Waals surface area contributed by atoms with Crippen LogP contribution in [-0.2, 0) is 0 Å². The summed E-state index contributed by atoms with van der Waals surface area (Å²) in [6.45, 7) is 8.79. The zero-order valence-corrected chi connectivity index (χ0v) is 16.2. The molecule has 0 saturated carbocycles. The van der Waals surface area contributed by atoms with Crippen LogP contribution in [0.5, 0.6) is 5.75 Å². The Morgan fingerprint density at radius 1 is 1.09 bits per heavy atom. The van der Waals surface area contributed by atoms with Crippen LogP contribution in [0.25, 0.3) is 17.2 Å². The lowest BCUT2D eigenvalue weighted by Gasteiger charge is -2.26. The molecular formula is C20H23ClOSi. The van der Waals surface area contributed by atoms with Gasteiger partial charge in [0.05, 0.1) is 7.11 Å². The molecule has 1 nitrogen and oxygen atoms in total. The van der Waals surface area contributed by atoms with Crippen molar-refractivity contribution in [1.29, 1.82) is 0 Å². The summed E-state index contributed by atoms with van der Waals surface area (Å²) in [5, 5.41) is 0. The number of fused-ring (bicyclic) bond motifs is 1. The van der Waals surface area contributed by atoms with Crippen molar-refractivity contribution in [3.05, 3.63) is 58.7 Å². The Labute approximate surface area is 144 Å². The maximum Gasteiger partial charge on any atom is 0.161 e. The first kappa shape index (κ1) is 16.3. The van der Waals surface area contributed by atoms with E-state index in [9.17, 15) is 0 Å². The minimum atomic E-state index is -1.85. The Kier molecular flexibility index (Phi) is 4.15. The van der Waals surface area contributed by atoms with E-state index in [4.69, 9.17) is 15.8 Å². The molecule has 0 aliphatic heterocycles. The minimum Gasteiger partial charge on any atom is -0.496 e. The van der Waals surface area contributed by atoms with Gasteiger partial charge < -0.3 is 4.74 Å². The molecule has 0 saturated heterocycles. The summed E-state index contributed by atoms with van der Waals surface area (Å²) < 4.78 is 5.76.